The molecule has 0 bridgehead atoms. The average molecular weight is 544 g/mol. The number of hydrogen-bond donors (Lipinski definition) is 0. The van der Waals surface area contributed by atoms with Crippen LogP contribution in [0.5, 0.6) is 0 Å². The van der Waals surface area contributed by atoms with Gasteiger partial charge in [-0.15, -0.1) is 0 Å². The van der Waals surface area contributed by atoms with E-state index >= 15 is 0 Å². The van der Waals surface area contributed by atoms with Crippen molar-refractivity contribution in [2.24, 2.45) is 28.6 Å². The molecule has 9 nitrogen and oxygen atoms in total. The lowest BCUT2D eigenvalue weighted by Crippen LogP contribution is -2.69. The van der Waals surface area contributed by atoms with Crippen LogP contribution in [0.15, 0.2) is 24.5 Å². The van der Waals surface area contributed by atoms with Crippen molar-refractivity contribution in [2.45, 2.75) is 96.6 Å². The van der Waals surface area contributed by atoms with Crippen LogP contribution in [0.3, 0.4) is 0 Å². The second-order valence-electron chi connectivity index (χ2n) is 12.4. The molecule has 5 fully saturated rings. The first-order chi connectivity index (χ1) is 18.7. The molecule has 39 heavy (non-hydrogen) atoms. The Kier molecular flexibility index (Phi) is 7.01. The van der Waals surface area contributed by atoms with Gasteiger partial charge in [-0.1, -0.05) is 20.3 Å². The largest absolute Gasteiger partial charge is 0.465 e. The topological polar surface area (TPSA) is 106 Å². The first-order valence-corrected chi connectivity index (χ1v) is 14.5. The summed E-state index contributed by atoms with van der Waals surface area (Å²) in [6, 6.07) is 3.44. The zero-order valence-electron chi connectivity index (χ0n) is 23.4. The Morgan fingerprint density at radius 3 is 2.69 bits per heavy atom. The van der Waals surface area contributed by atoms with E-state index in [1.54, 1.807) is 18.3 Å². The van der Waals surface area contributed by atoms with E-state index in [2.05, 4.69) is 18.8 Å². The second kappa shape index (κ2) is 10.1. The predicted octanol–water partition coefficient (Wildman–Crippen LogP) is 4.29. The van der Waals surface area contributed by atoms with Gasteiger partial charge in [-0.2, -0.15) is 0 Å². The van der Waals surface area contributed by atoms with Crippen LogP contribution in [0, 0.1) is 28.6 Å². The summed E-state index contributed by atoms with van der Waals surface area (Å²) >= 11 is 0. The van der Waals surface area contributed by atoms with Crippen LogP contribution in [0.25, 0.3) is 0 Å². The molecule has 1 aromatic heterocycles. The van der Waals surface area contributed by atoms with Gasteiger partial charge in [0.2, 0.25) is 0 Å². The van der Waals surface area contributed by atoms with Crippen molar-refractivity contribution in [3.05, 3.63) is 30.1 Å². The molecule has 1 spiro atoms. The molecule has 3 saturated heterocycles. The van der Waals surface area contributed by atoms with Gasteiger partial charge < -0.3 is 28.4 Å². The SMILES string of the molecule is CCO[C@@H]1C[C@@H]2C[C@@H]([C@@]3(C)[C@H](C)C[C@H](OC(=O)c4cccnc4)[C@]4(COC(C)=O)[C@@H]3CCC[C@]43CO3)O[C@@H]2O1. The van der Waals surface area contributed by atoms with E-state index in [9.17, 15) is 9.59 Å². The van der Waals surface area contributed by atoms with Crippen LogP contribution in [0.4, 0.5) is 0 Å². The van der Waals surface area contributed by atoms with Crippen LogP contribution in [0.1, 0.15) is 76.6 Å². The van der Waals surface area contributed by atoms with Gasteiger partial charge in [0.1, 0.15) is 18.3 Å². The molecule has 0 radical (unpaired) electrons. The van der Waals surface area contributed by atoms with Crippen LogP contribution in [0.2, 0.25) is 0 Å². The number of esters is 2. The Hall–Kier alpha value is -2.07. The highest BCUT2D eigenvalue weighted by molar-refractivity contribution is 5.89. The van der Waals surface area contributed by atoms with Gasteiger partial charge in [0.05, 0.1) is 23.7 Å². The molecule has 214 valence electrons. The maximum Gasteiger partial charge on any atom is 0.339 e. The van der Waals surface area contributed by atoms with Crippen LogP contribution in [-0.4, -0.2) is 67.1 Å². The lowest BCUT2D eigenvalue weighted by Gasteiger charge is -2.64. The van der Waals surface area contributed by atoms with Gasteiger partial charge in [0, 0.05) is 43.7 Å². The number of carbonyl (C=O) groups is 2. The van der Waals surface area contributed by atoms with Crippen molar-refractivity contribution in [3.63, 3.8) is 0 Å². The highest BCUT2D eigenvalue weighted by atomic mass is 16.8. The summed E-state index contributed by atoms with van der Waals surface area (Å²) in [4.78, 5) is 29.7. The fourth-order valence-corrected chi connectivity index (χ4v) is 8.55. The first kappa shape index (κ1) is 27.1. The maximum absolute atomic E-state index is 13.4. The number of rotatable bonds is 7. The van der Waals surface area contributed by atoms with E-state index in [1.165, 1.54) is 13.1 Å². The summed E-state index contributed by atoms with van der Waals surface area (Å²) in [5.74, 6) is -0.227. The minimum absolute atomic E-state index is 0.0318. The molecule has 4 heterocycles. The summed E-state index contributed by atoms with van der Waals surface area (Å²) in [6.07, 6.45) is 7.31. The van der Waals surface area contributed by atoms with Crippen molar-refractivity contribution >= 4 is 11.9 Å². The minimum Gasteiger partial charge on any atom is -0.465 e. The quantitative estimate of drug-likeness (QED) is 0.368. The Balaban J connectivity index is 1.35. The van der Waals surface area contributed by atoms with Crippen LogP contribution < -0.4 is 0 Å². The van der Waals surface area contributed by atoms with Crippen molar-refractivity contribution in [1.82, 2.24) is 4.98 Å². The van der Waals surface area contributed by atoms with Crippen molar-refractivity contribution < 1.29 is 38.0 Å². The molecule has 3 aliphatic heterocycles. The van der Waals surface area contributed by atoms with Crippen LogP contribution >= 0.6 is 0 Å². The maximum atomic E-state index is 13.4. The van der Waals surface area contributed by atoms with Gasteiger partial charge in [-0.3, -0.25) is 9.78 Å². The van der Waals surface area contributed by atoms with Crippen molar-refractivity contribution in [3.8, 4) is 0 Å². The number of epoxide rings is 1. The van der Waals surface area contributed by atoms with Gasteiger partial charge >= 0.3 is 11.9 Å². The van der Waals surface area contributed by atoms with E-state index in [0.29, 0.717) is 25.2 Å². The summed E-state index contributed by atoms with van der Waals surface area (Å²) in [6.45, 7) is 9.34. The van der Waals surface area contributed by atoms with Gasteiger partial charge in [0.25, 0.3) is 0 Å². The number of carbonyl (C=O) groups excluding carboxylic acids is 2. The lowest BCUT2D eigenvalue weighted by atomic mass is 9.42. The summed E-state index contributed by atoms with van der Waals surface area (Å²) in [5, 5.41) is 0. The normalized spacial score (nSPS) is 44.5. The van der Waals surface area contributed by atoms with Crippen molar-refractivity contribution in [1.29, 1.82) is 0 Å². The number of pyridine rings is 1. The molecule has 0 aromatic carbocycles. The Morgan fingerprint density at radius 1 is 1.21 bits per heavy atom. The Labute approximate surface area is 230 Å². The molecule has 10 atom stereocenters. The zero-order chi connectivity index (χ0) is 27.4. The van der Waals surface area contributed by atoms with E-state index in [4.69, 9.17) is 28.4 Å². The zero-order valence-corrected chi connectivity index (χ0v) is 23.4. The molecule has 6 rings (SSSR count). The van der Waals surface area contributed by atoms with E-state index in [0.717, 1.165) is 32.1 Å². The highest BCUT2D eigenvalue weighted by Crippen LogP contribution is 2.70. The Bertz CT molecular complexity index is 1060. The molecular weight excluding hydrogens is 502 g/mol. The first-order valence-electron chi connectivity index (χ1n) is 14.5. The van der Waals surface area contributed by atoms with Gasteiger partial charge in [0.15, 0.2) is 12.6 Å². The number of hydrogen-bond acceptors (Lipinski definition) is 9. The Morgan fingerprint density at radius 2 is 2.03 bits per heavy atom. The lowest BCUT2D eigenvalue weighted by molar-refractivity contribution is -0.263. The average Bonchev–Trinajstić information content (AvgIpc) is 3.42. The number of nitrogens with zero attached hydrogens (tertiary/aromatic N) is 1. The fourth-order valence-electron chi connectivity index (χ4n) is 8.55. The molecule has 0 unspecified atom stereocenters. The molecule has 2 saturated carbocycles. The van der Waals surface area contributed by atoms with E-state index < -0.39 is 23.1 Å². The monoisotopic (exact) mass is 543 g/mol. The third-order valence-corrected chi connectivity index (χ3v) is 10.7. The predicted molar refractivity (Wildman–Crippen MR) is 138 cm³/mol. The molecule has 1 aromatic rings. The van der Waals surface area contributed by atoms with Gasteiger partial charge in [-0.25, -0.2) is 4.79 Å². The summed E-state index contributed by atoms with van der Waals surface area (Å²) < 4.78 is 37.1. The molecule has 5 aliphatic rings. The van der Waals surface area contributed by atoms with Gasteiger partial charge in [-0.05, 0) is 56.6 Å². The van der Waals surface area contributed by atoms with E-state index in [-0.39, 0.29) is 54.4 Å². The molecule has 9 heteroatoms. The highest BCUT2D eigenvalue weighted by Gasteiger charge is 2.76. The fraction of sp³-hybridized carbons (Fsp3) is 0.767. The summed E-state index contributed by atoms with van der Waals surface area (Å²) in [7, 11) is 0. The molecular formula is C30H41NO8. The number of aromatic nitrogens is 1. The summed E-state index contributed by atoms with van der Waals surface area (Å²) in [5.41, 5.74) is -1.01. The van der Waals surface area contributed by atoms with E-state index in [1.807, 2.05) is 6.92 Å². The minimum atomic E-state index is -0.675. The van der Waals surface area contributed by atoms with Crippen LogP contribution in [-0.2, 0) is 33.2 Å². The third kappa shape index (κ3) is 4.31. The molecule has 2 aliphatic carbocycles. The number of fused-ring (bicyclic) bond motifs is 3. The van der Waals surface area contributed by atoms with Crippen molar-refractivity contribution in [2.75, 3.05) is 19.8 Å². The smallest absolute Gasteiger partial charge is 0.339 e. The third-order valence-electron chi connectivity index (χ3n) is 10.7. The number of ether oxygens (including phenoxy) is 6. The molecule has 0 N–H and O–H groups in total. The standard InChI is InChI=1S/C30H41NO8/c1-5-34-25-14-21-13-23(38-27(21)39-25)28(4)18(2)12-24(37-26(33)20-8-7-11-31-15-20)30(17-35-19(3)32)22(28)9-6-10-29(30)16-36-29/h7-8,11,15,18,21-25,27H,5-6,9-10,12-14,16-17H2,1-4H3/t18-,21+,22-,23+,24+,25+,27-,28+,29+,30+/m1/s1. The second-order valence-corrected chi connectivity index (χ2v) is 12.4. The molecule has 0 amide bonds.